The van der Waals surface area contributed by atoms with Crippen molar-refractivity contribution in [3.05, 3.63) is 23.8 Å². The van der Waals surface area contributed by atoms with E-state index in [9.17, 15) is 14.4 Å². The topological polar surface area (TPSA) is 289 Å². The van der Waals surface area contributed by atoms with Crippen LogP contribution in [0.1, 0.15) is 50.5 Å². The number of carboxylic acid groups (broad SMARTS) is 1. The molecule has 6 N–H and O–H groups in total. The first kappa shape index (κ1) is 47.9. The molecule has 3 aromatic rings. The lowest BCUT2D eigenvalue weighted by Gasteiger charge is -2.38. The van der Waals surface area contributed by atoms with Crippen LogP contribution in [0.4, 0.5) is 17.8 Å². The predicted molar refractivity (Wildman–Crippen MR) is 231 cm³/mol. The van der Waals surface area contributed by atoms with Crippen LogP contribution in [-0.2, 0) is 48.0 Å². The van der Waals surface area contributed by atoms with Gasteiger partial charge in [0.05, 0.1) is 50.8 Å². The van der Waals surface area contributed by atoms with Gasteiger partial charge >= 0.3 is 5.97 Å². The van der Waals surface area contributed by atoms with Gasteiger partial charge in [0.2, 0.25) is 29.7 Å². The number of piperazine rings is 2. The summed E-state index contributed by atoms with van der Waals surface area (Å²) < 4.78 is 19.6. The summed E-state index contributed by atoms with van der Waals surface area (Å²) in [5.74, 6) is 2.67. The van der Waals surface area contributed by atoms with Crippen LogP contribution >= 0.6 is 0 Å². The van der Waals surface area contributed by atoms with E-state index < -0.39 is 12.0 Å². The molecule has 0 aliphatic carbocycles. The van der Waals surface area contributed by atoms with Gasteiger partial charge in [0.1, 0.15) is 19.2 Å². The Hall–Kier alpha value is -6.19. The summed E-state index contributed by atoms with van der Waals surface area (Å²) in [6, 6.07) is -0.582. The van der Waals surface area contributed by atoms with Gasteiger partial charge in [-0.15, -0.1) is 16.6 Å². The third kappa shape index (κ3) is 15.3. The van der Waals surface area contributed by atoms with Crippen molar-refractivity contribution >= 4 is 41.6 Å². The minimum absolute atomic E-state index is 0.0375. The van der Waals surface area contributed by atoms with Crippen LogP contribution < -0.4 is 26.6 Å². The number of hydrogen-bond acceptors (Lipinski definition) is 17. The van der Waals surface area contributed by atoms with E-state index in [-0.39, 0.29) is 49.7 Å². The molecule has 344 valence electrons. The average molecular weight is 880 g/mol. The van der Waals surface area contributed by atoms with Crippen molar-refractivity contribution in [2.75, 3.05) is 120 Å². The minimum Gasteiger partial charge on any atom is -0.481 e. The van der Waals surface area contributed by atoms with Gasteiger partial charge in [0, 0.05) is 84.3 Å². The third-order valence-corrected chi connectivity index (χ3v) is 10.5. The summed E-state index contributed by atoms with van der Waals surface area (Å²) in [7, 11) is 0. The fraction of sp³-hybridized carbons (Fsp3) is 0.667. The molecule has 2 amide bonds. The standard InChI is InChI=1S/C39H61N17O7/c1-4-20-61-22-24-63-25-23-62-21-11-43-37-44-38(53-16-12-51(13-17-53)32(57)28-55-26-30(47-49-55)7-6-10-42-36(40)41)46-39(45-37)54-18-14-52(15-19-54)35(60)34(29(3)5-2)56-27-31(48-50-56)8-9-33(58)59/h1,26-27,29,34H,5-25,28H2,2-3H3,(H,58,59)(H4,40,41,42)(H,43,44,45,46)/t29-,34-/m0/s1. The molecule has 2 aliphatic rings. The normalized spacial score (nSPS) is 15.2. The summed E-state index contributed by atoms with van der Waals surface area (Å²) in [6.45, 7) is 11.0. The van der Waals surface area contributed by atoms with E-state index in [1.807, 2.05) is 28.5 Å². The summed E-state index contributed by atoms with van der Waals surface area (Å²) in [6.07, 6.45) is 10.9. The van der Waals surface area contributed by atoms with E-state index in [0.29, 0.717) is 135 Å². The first-order chi connectivity index (χ1) is 30.5. The van der Waals surface area contributed by atoms with Gasteiger partial charge in [-0.1, -0.05) is 36.6 Å². The number of aliphatic imine (C=N–C) groups is 1. The van der Waals surface area contributed by atoms with Crippen LogP contribution in [0.15, 0.2) is 17.4 Å². The summed E-state index contributed by atoms with van der Waals surface area (Å²) in [4.78, 5) is 64.5. The van der Waals surface area contributed by atoms with Crippen molar-refractivity contribution in [1.29, 1.82) is 0 Å². The molecule has 2 saturated heterocycles. The zero-order valence-corrected chi connectivity index (χ0v) is 36.3. The largest absolute Gasteiger partial charge is 0.481 e. The highest BCUT2D eigenvalue weighted by Gasteiger charge is 2.34. The molecule has 2 fully saturated rings. The van der Waals surface area contributed by atoms with Crippen molar-refractivity contribution in [1.82, 2.24) is 54.7 Å². The van der Waals surface area contributed by atoms with Gasteiger partial charge in [-0.2, -0.15) is 15.0 Å². The second kappa shape index (κ2) is 25.1. The molecule has 3 aromatic heterocycles. The Morgan fingerprint density at radius 1 is 0.857 bits per heavy atom. The lowest BCUT2D eigenvalue weighted by molar-refractivity contribution is -0.138. The molecule has 24 nitrogen and oxygen atoms in total. The number of anilines is 3. The van der Waals surface area contributed by atoms with Crippen LogP contribution in [0.25, 0.3) is 0 Å². The molecule has 0 bridgehead atoms. The Kier molecular flexibility index (Phi) is 19.0. The van der Waals surface area contributed by atoms with Gasteiger partial charge < -0.3 is 55.7 Å². The number of carboxylic acids is 1. The zero-order chi connectivity index (χ0) is 45.0. The second-order valence-corrected chi connectivity index (χ2v) is 15.1. The van der Waals surface area contributed by atoms with Crippen LogP contribution in [-0.4, -0.2) is 189 Å². The predicted octanol–water partition coefficient (Wildman–Crippen LogP) is -1.34. The molecule has 63 heavy (non-hydrogen) atoms. The number of aromatic nitrogens is 9. The van der Waals surface area contributed by atoms with Gasteiger partial charge in [-0.05, 0) is 18.8 Å². The van der Waals surface area contributed by atoms with Gasteiger partial charge in [0.25, 0.3) is 0 Å². The van der Waals surface area contributed by atoms with Crippen molar-refractivity contribution < 1.29 is 33.7 Å². The number of aliphatic carboxylic acids is 1. The van der Waals surface area contributed by atoms with E-state index >= 15 is 0 Å². The smallest absolute Gasteiger partial charge is 0.303 e. The molecular formula is C39H61N17O7. The van der Waals surface area contributed by atoms with Crippen molar-refractivity contribution in [2.24, 2.45) is 22.4 Å². The summed E-state index contributed by atoms with van der Waals surface area (Å²) in [5, 5.41) is 29.1. The monoisotopic (exact) mass is 879 g/mol. The molecule has 2 atom stereocenters. The maximum Gasteiger partial charge on any atom is 0.303 e. The fourth-order valence-electron chi connectivity index (χ4n) is 6.87. The van der Waals surface area contributed by atoms with Crippen molar-refractivity contribution in [2.45, 2.75) is 58.5 Å². The maximum absolute atomic E-state index is 14.0. The molecular weight excluding hydrogens is 819 g/mol. The number of carbonyl (C=O) groups excluding carboxylic acids is 2. The highest BCUT2D eigenvalue weighted by atomic mass is 16.5. The Bertz CT molecular complexity index is 1970. The highest BCUT2D eigenvalue weighted by Crippen LogP contribution is 2.25. The Morgan fingerprint density at radius 2 is 1.48 bits per heavy atom. The Balaban J connectivity index is 1.19. The minimum atomic E-state index is -0.922. The van der Waals surface area contributed by atoms with E-state index in [1.54, 1.807) is 26.7 Å². The van der Waals surface area contributed by atoms with Crippen molar-refractivity contribution in [3.63, 3.8) is 0 Å². The number of amides is 2. The average Bonchev–Trinajstić information content (AvgIpc) is 3.95. The number of aryl methyl sites for hydroxylation is 2. The number of guanidine groups is 1. The summed E-state index contributed by atoms with van der Waals surface area (Å²) in [5.41, 5.74) is 12.1. The second-order valence-electron chi connectivity index (χ2n) is 15.1. The number of carbonyl (C=O) groups is 3. The molecule has 24 heteroatoms. The lowest BCUT2D eigenvalue weighted by atomic mass is 9.97. The number of nitrogens with two attached hydrogens (primary N) is 2. The Labute approximate surface area is 366 Å². The number of ether oxygens (including phenoxy) is 3. The summed E-state index contributed by atoms with van der Waals surface area (Å²) >= 11 is 0. The van der Waals surface area contributed by atoms with Crippen LogP contribution in [0.3, 0.4) is 0 Å². The number of rotatable bonds is 26. The van der Waals surface area contributed by atoms with E-state index in [0.717, 1.165) is 12.1 Å². The third-order valence-electron chi connectivity index (χ3n) is 10.5. The number of nitrogens with zero attached hydrogens (tertiary/aromatic N) is 14. The maximum atomic E-state index is 14.0. The van der Waals surface area contributed by atoms with Crippen LogP contribution in [0.5, 0.6) is 0 Å². The molecule has 2 aliphatic heterocycles. The number of terminal acetylenes is 1. The quantitative estimate of drug-likeness (QED) is 0.0314. The van der Waals surface area contributed by atoms with Gasteiger partial charge in [0.15, 0.2) is 5.96 Å². The van der Waals surface area contributed by atoms with E-state index in [2.05, 4.69) is 36.9 Å². The molecule has 0 radical (unpaired) electrons. The molecule has 5 rings (SSSR count). The molecule has 0 saturated carbocycles. The number of nitrogens with one attached hydrogen (secondary N) is 1. The highest BCUT2D eigenvalue weighted by molar-refractivity contribution is 5.81. The van der Waals surface area contributed by atoms with Crippen molar-refractivity contribution in [3.8, 4) is 12.3 Å². The molecule has 0 spiro atoms. The van der Waals surface area contributed by atoms with Crippen LogP contribution in [0.2, 0.25) is 0 Å². The lowest BCUT2D eigenvalue weighted by Crippen LogP contribution is -2.52. The SMILES string of the molecule is C#CCOCCOCCOCCNc1nc(N2CCN(C(=O)Cn3cc(CCCN=C(N)N)nn3)CC2)nc(N2CCN(C(=O)[C@H]([C@@H](C)CC)n3cc(CCC(=O)O)nn3)CC2)n1. The molecule has 0 aromatic carbocycles. The van der Waals surface area contributed by atoms with Crippen LogP contribution in [0, 0.1) is 18.3 Å². The zero-order valence-electron chi connectivity index (χ0n) is 36.3. The van der Waals surface area contributed by atoms with Gasteiger partial charge in [-0.3, -0.25) is 19.4 Å². The van der Waals surface area contributed by atoms with E-state index in [1.165, 1.54) is 0 Å². The first-order valence-corrected chi connectivity index (χ1v) is 21.3. The first-order valence-electron chi connectivity index (χ1n) is 21.3. The van der Waals surface area contributed by atoms with Gasteiger partial charge in [-0.25, -0.2) is 9.36 Å². The van der Waals surface area contributed by atoms with E-state index in [4.69, 9.17) is 52.2 Å². The molecule has 5 heterocycles. The molecule has 0 unspecified atom stereocenters. The number of hydrogen-bond donors (Lipinski definition) is 4. The Morgan fingerprint density at radius 3 is 2.11 bits per heavy atom. The fourth-order valence-corrected chi connectivity index (χ4v) is 6.87.